The van der Waals surface area contributed by atoms with E-state index in [4.69, 9.17) is 0 Å². The molecule has 2 aromatic heterocycles. The minimum Gasteiger partial charge on any atom is -0.267 e. The van der Waals surface area contributed by atoms with Gasteiger partial charge in [0.15, 0.2) is 0 Å². The average Bonchev–Trinajstić information content (AvgIpc) is 3.04. The summed E-state index contributed by atoms with van der Waals surface area (Å²) in [5.41, 5.74) is 1.07. The molecule has 0 atom stereocenters. The number of benzene rings is 1. The molecule has 0 aliphatic rings. The maximum Gasteiger partial charge on any atom is 0.456 e. The predicted octanol–water partition coefficient (Wildman–Crippen LogP) is -0.339. The normalized spacial score (nSPS) is 10.4. The minimum atomic E-state index is -0.152. The lowest BCUT2D eigenvalue weighted by Crippen LogP contribution is -2.46. The van der Waals surface area contributed by atoms with E-state index >= 15 is 0 Å². The first-order valence-corrected chi connectivity index (χ1v) is 5.18. The summed E-state index contributed by atoms with van der Waals surface area (Å²) in [5.74, 6) is 0. The Hall–Kier alpha value is -2.44. The van der Waals surface area contributed by atoms with Gasteiger partial charge in [-0.05, 0) is 5.46 Å². The van der Waals surface area contributed by atoms with Crippen LogP contribution in [0.5, 0.6) is 0 Å². The summed E-state index contributed by atoms with van der Waals surface area (Å²) in [4.78, 5) is 7.94. The second kappa shape index (κ2) is 4.21. The van der Waals surface area contributed by atoms with Crippen LogP contribution in [0.1, 0.15) is 0 Å². The van der Waals surface area contributed by atoms with E-state index in [1.54, 1.807) is 21.8 Å². The highest BCUT2D eigenvalue weighted by Gasteiger charge is 2.24. The van der Waals surface area contributed by atoms with Crippen LogP contribution in [0.4, 0.5) is 0 Å². The van der Waals surface area contributed by atoms with Crippen LogP contribution >= 0.6 is 0 Å². The molecule has 6 nitrogen and oxygen atoms in total. The van der Waals surface area contributed by atoms with Crippen molar-refractivity contribution in [2.24, 2.45) is 0 Å². The van der Waals surface area contributed by atoms with Crippen molar-refractivity contribution in [2.75, 3.05) is 0 Å². The first kappa shape index (κ1) is 9.77. The number of hydrogen-bond donors (Lipinski definition) is 0. The fourth-order valence-corrected chi connectivity index (χ4v) is 1.74. The standard InChI is InChI=1S/C10H9BN6/c1-2-4-10(5-3-1)11(16-8-12-6-14-16)17-9-13-7-15-17/h1-9H. The Labute approximate surface area is 98.1 Å². The van der Waals surface area contributed by atoms with Crippen LogP contribution in [0.3, 0.4) is 0 Å². The molecule has 0 aliphatic carbocycles. The molecule has 0 fully saturated rings. The number of hydrogen-bond acceptors (Lipinski definition) is 4. The number of aromatic nitrogens is 6. The second-order valence-corrected chi connectivity index (χ2v) is 3.54. The predicted molar refractivity (Wildman–Crippen MR) is 62.7 cm³/mol. The largest absolute Gasteiger partial charge is 0.456 e. The van der Waals surface area contributed by atoms with Crippen molar-refractivity contribution in [2.45, 2.75) is 0 Å². The smallest absolute Gasteiger partial charge is 0.267 e. The summed E-state index contributed by atoms with van der Waals surface area (Å²) in [6, 6.07) is 9.98. The molecule has 7 heteroatoms. The van der Waals surface area contributed by atoms with Crippen molar-refractivity contribution in [3.8, 4) is 0 Å². The van der Waals surface area contributed by atoms with E-state index < -0.39 is 0 Å². The van der Waals surface area contributed by atoms with Gasteiger partial charge < -0.3 is 0 Å². The molecule has 0 radical (unpaired) electrons. The summed E-state index contributed by atoms with van der Waals surface area (Å²) in [6.07, 6.45) is 6.35. The van der Waals surface area contributed by atoms with E-state index in [-0.39, 0.29) is 6.98 Å². The second-order valence-electron chi connectivity index (χ2n) is 3.54. The van der Waals surface area contributed by atoms with Gasteiger partial charge in [-0.3, -0.25) is 9.19 Å². The van der Waals surface area contributed by atoms with Crippen molar-refractivity contribution in [3.63, 3.8) is 0 Å². The Bertz CT molecular complexity index is 528. The maximum atomic E-state index is 4.17. The van der Waals surface area contributed by atoms with Crippen LogP contribution in [-0.2, 0) is 0 Å². The molecule has 0 N–H and O–H groups in total. The molecule has 0 saturated heterocycles. The van der Waals surface area contributed by atoms with Crippen LogP contribution < -0.4 is 5.46 Å². The molecule has 0 saturated carbocycles. The van der Waals surface area contributed by atoms with Crippen molar-refractivity contribution < 1.29 is 0 Å². The van der Waals surface area contributed by atoms with Gasteiger partial charge in [-0.1, -0.05) is 30.3 Å². The molecule has 3 aromatic rings. The van der Waals surface area contributed by atoms with Gasteiger partial charge in [-0.25, -0.2) is 9.97 Å². The van der Waals surface area contributed by atoms with E-state index in [0.29, 0.717) is 0 Å². The number of rotatable bonds is 3. The Kier molecular flexibility index (Phi) is 2.42. The topological polar surface area (TPSA) is 61.4 Å². The highest BCUT2D eigenvalue weighted by atomic mass is 15.4. The molecule has 0 unspecified atom stereocenters. The zero-order chi connectivity index (χ0) is 11.5. The van der Waals surface area contributed by atoms with E-state index in [0.717, 1.165) is 5.46 Å². The van der Waals surface area contributed by atoms with Crippen LogP contribution in [0, 0.1) is 0 Å². The molecule has 82 valence electrons. The summed E-state index contributed by atoms with van der Waals surface area (Å²) in [5, 5.41) is 8.33. The molecule has 0 bridgehead atoms. The Morgan fingerprint density at radius 3 is 1.88 bits per heavy atom. The van der Waals surface area contributed by atoms with Gasteiger partial charge in [0.2, 0.25) is 0 Å². The average molecular weight is 224 g/mol. The van der Waals surface area contributed by atoms with Gasteiger partial charge >= 0.3 is 6.98 Å². The number of nitrogens with zero attached hydrogens (tertiary/aromatic N) is 6. The molecule has 2 heterocycles. The Morgan fingerprint density at radius 2 is 1.41 bits per heavy atom. The summed E-state index contributed by atoms with van der Waals surface area (Å²) in [6.45, 7) is -0.152. The zero-order valence-corrected chi connectivity index (χ0v) is 8.96. The van der Waals surface area contributed by atoms with Gasteiger partial charge in [0.05, 0.1) is 0 Å². The fraction of sp³-hybridized carbons (Fsp3) is 0. The van der Waals surface area contributed by atoms with Gasteiger partial charge in [0.25, 0.3) is 0 Å². The molecule has 0 amide bonds. The first-order valence-electron chi connectivity index (χ1n) is 5.18. The van der Waals surface area contributed by atoms with Crippen LogP contribution in [-0.4, -0.2) is 36.3 Å². The summed E-state index contributed by atoms with van der Waals surface area (Å²) >= 11 is 0. The van der Waals surface area contributed by atoms with Crippen LogP contribution in [0.15, 0.2) is 55.6 Å². The third-order valence-corrected chi connectivity index (χ3v) is 2.47. The van der Waals surface area contributed by atoms with Gasteiger partial charge in [0, 0.05) is 0 Å². The van der Waals surface area contributed by atoms with Crippen molar-refractivity contribution >= 4 is 12.4 Å². The summed E-state index contributed by atoms with van der Waals surface area (Å²) in [7, 11) is 0. The Morgan fingerprint density at radius 1 is 0.824 bits per heavy atom. The van der Waals surface area contributed by atoms with E-state index in [9.17, 15) is 0 Å². The molecule has 17 heavy (non-hydrogen) atoms. The summed E-state index contributed by atoms with van der Waals surface area (Å²) < 4.78 is 3.48. The highest BCUT2D eigenvalue weighted by molar-refractivity contribution is 6.69. The molecule has 0 spiro atoms. The lowest BCUT2D eigenvalue weighted by Gasteiger charge is -2.12. The van der Waals surface area contributed by atoms with Crippen molar-refractivity contribution in [3.05, 3.63) is 55.6 Å². The van der Waals surface area contributed by atoms with Crippen molar-refractivity contribution in [1.29, 1.82) is 0 Å². The third kappa shape index (κ3) is 1.82. The fourth-order valence-electron chi connectivity index (χ4n) is 1.74. The van der Waals surface area contributed by atoms with Crippen LogP contribution in [0.25, 0.3) is 0 Å². The molecular weight excluding hydrogens is 215 g/mol. The van der Waals surface area contributed by atoms with Gasteiger partial charge in [0.1, 0.15) is 25.3 Å². The maximum absolute atomic E-state index is 4.17. The van der Waals surface area contributed by atoms with E-state index in [2.05, 4.69) is 20.2 Å². The lowest BCUT2D eigenvalue weighted by atomic mass is 9.69. The van der Waals surface area contributed by atoms with Crippen molar-refractivity contribution in [1.82, 2.24) is 29.4 Å². The Balaban J connectivity index is 2.10. The highest BCUT2D eigenvalue weighted by Crippen LogP contribution is 1.94. The quantitative estimate of drug-likeness (QED) is 0.571. The third-order valence-electron chi connectivity index (χ3n) is 2.47. The van der Waals surface area contributed by atoms with Gasteiger partial charge in [-0.15, -0.1) is 0 Å². The van der Waals surface area contributed by atoms with E-state index in [1.807, 2.05) is 30.3 Å². The van der Waals surface area contributed by atoms with Gasteiger partial charge in [-0.2, -0.15) is 10.2 Å². The van der Waals surface area contributed by atoms with E-state index in [1.165, 1.54) is 12.7 Å². The first-order chi connectivity index (χ1) is 8.45. The minimum absolute atomic E-state index is 0.152. The monoisotopic (exact) mass is 224 g/mol. The SMILES string of the molecule is c1ccc(B(n2cncn2)n2cncn2)cc1. The molecule has 3 rings (SSSR count). The van der Waals surface area contributed by atoms with Crippen LogP contribution in [0.2, 0.25) is 0 Å². The lowest BCUT2D eigenvalue weighted by molar-refractivity contribution is 0.863. The molecule has 0 aliphatic heterocycles. The molecular formula is C10H9BN6. The zero-order valence-electron chi connectivity index (χ0n) is 8.96. The molecule has 1 aromatic carbocycles.